The van der Waals surface area contributed by atoms with Crippen LogP contribution < -0.4 is 10.6 Å². The van der Waals surface area contributed by atoms with Gasteiger partial charge in [0.2, 0.25) is 5.91 Å². The van der Waals surface area contributed by atoms with E-state index in [0.29, 0.717) is 17.0 Å². The molecule has 0 bridgehead atoms. The van der Waals surface area contributed by atoms with E-state index in [-0.39, 0.29) is 24.1 Å². The minimum atomic E-state index is -3.04. The van der Waals surface area contributed by atoms with Gasteiger partial charge in [0.05, 0.1) is 18.1 Å². The van der Waals surface area contributed by atoms with Crippen molar-refractivity contribution in [2.75, 3.05) is 18.1 Å². The van der Waals surface area contributed by atoms with Crippen molar-refractivity contribution in [1.29, 1.82) is 0 Å². The zero-order valence-corrected chi connectivity index (χ0v) is 12.7. The number of sulfone groups is 1. The highest BCUT2D eigenvalue weighted by Gasteiger charge is 2.28. The van der Waals surface area contributed by atoms with E-state index in [2.05, 4.69) is 10.6 Å². The van der Waals surface area contributed by atoms with Crippen molar-refractivity contribution in [3.05, 3.63) is 34.9 Å². The lowest BCUT2D eigenvalue weighted by Crippen LogP contribution is -2.42. The minimum absolute atomic E-state index is 0.0407. The van der Waals surface area contributed by atoms with Crippen LogP contribution in [0.2, 0.25) is 5.02 Å². The van der Waals surface area contributed by atoms with Crippen molar-refractivity contribution < 1.29 is 18.0 Å². The molecule has 1 aromatic carbocycles. The lowest BCUT2D eigenvalue weighted by Gasteiger charge is -2.11. The SMILES string of the molecule is O=C(CNC(=O)c1cccc(Cl)c1)NC1CCS(=O)(=O)C1. The number of rotatable bonds is 4. The van der Waals surface area contributed by atoms with E-state index in [9.17, 15) is 18.0 Å². The third kappa shape index (κ3) is 4.71. The first-order valence-corrected chi connectivity index (χ1v) is 8.59. The highest BCUT2D eigenvalue weighted by molar-refractivity contribution is 7.91. The second kappa shape index (κ2) is 6.44. The molecular formula is C13H15ClN2O4S. The summed E-state index contributed by atoms with van der Waals surface area (Å²) in [5.74, 6) is -0.771. The maximum absolute atomic E-state index is 11.8. The van der Waals surface area contributed by atoms with Gasteiger partial charge in [0.15, 0.2) is 9.84 Å². The molecule has 0 aliphatic carbocycles. The Labute approximate surface area is 127 Å². The average molecular weight is 331 g/mol. The highest BCUT2D eigenvalue weighted by atomic mass is 35.5. The van der Waals surface area contributed by atoms with Crippen molar-refractivity contribution >= 4 is 33.3 Å². The van der Waals surface area contributed by atoms with E-state index in [1.807, 2.05) is 0 Å². The third-order valence-corrected chi connectivity index (χ3v) is 5.10. The quantitative estimate of drug-likeness (QED) is 0.834. The first-order chi connectivity index (χ1) is 9.85. The van der Waals surface area contributed by atoms with Gasteiger partial charge in [-0.1, -0.05) is 17.7 Å². The number of hydrogen-bond acceptors (Lipinski definition) is 4. The van der Waals surface area contributed by atoms with Crippen molar-refractivity contribution in [2.45, 2.75) is 12.5 Å². The summed E-state index contributed by atoms with van der Waals surface area (Å²) in [4.78, 5) is 23.5. The molecule has 1 fully saturated rings. The van der Waals surface area contributed by atoms with Gasteiger partial charge >= 0.3 is 0 Å². The Hall–Kier alpha value is -1.60. The van der Waals surface area contributed by atoms with Crippen molar-refractivity contribution in [2.24, 2.45) is 0 Å². The first-order valence-electron chi connectivity index (χ1n) is 6.39. The van der Waals surface area contributed by atoms with Gasteiger partial charge in [0.1, 0.15) is 0 Å². The molecule has 1 aliphatic heterocycles. The molecule has 2 amide bonds. The van der Waals surface area contributed by atoms with Crippen LogP contribution in [0.25, 0.3) is 0 Å². The average Bonchev–Trinajstić information content (AvgIpc) is 2.75. The maximum Gasteiger partial charge on any atom is 0.251 e. The van der Waals surface area contributed by atoms with Crippen LogP contribution >= 0.6 is 11.6 Å². The predicted octanol–water partition coefficient (Wildman–Crippen LogP) is 0.373. The fourth-order valence-electron chi connectivity index (χ4n) is 2.08. The number of hydrogen-bond donors (Lipinski definition) is 2. The zero-order chi connectivity index (χ0) is 15.5. The van der Waals surface area contributed by atoms with E-state index in [1.165, 1.54) is 6.07 Å². The van der Waals surface area contributed by atoms with Crippen LogP contribution in [0.1, 0.15) is 16.8 Å². The monoisotopic (exact) mass is 330 g/mol. The van der Waals surface area contributed by atoms with Crippen molar-refractivity contribution in [3.63, 3.8) is 0 Å². The van der Waals surface area contributed by atoms with Gasteiger partial charge in [0.25, 0.3) is 5.91 Å². The van der Waals surface area contributed by atoms with Crippen LogP contribution in [0.5, 0.6) is 0 Å². The molecule has 2 rings (SSSR count). The number of carbonyl (C=O) groups is 2. The summed E-state index contributed by atoms with van der Waals surface area (Å²) < 4.78 is 22.5. The zero-order valence-electron chi connectivity index (χ0n) is 11.1. The molecule has 0 radical (unpaired) electrons. The standard InChI is InChI=1S/C13H15ClN2O4S/c14-10-3-1-2-9(6-10)13(18)15-7-12(17)16-11-4-5-21(19,20)8-11/h1-3,6,11H,4-5,7-8H2,(H,15,18)(H,16,17). The molecular weight excluding hydrogens is 316 g/mol. The molecule has 114 valence electrons. The van der Waals surface area contributed by atoms with Gasteiger partial charge in [-0.15, -0.1) is 0 Å². The number of halogens is 1. The Kier molecular flexibility index (Phi) is 4.84. The van der Waals surface area contributed by atoms with E-state index in [0.717, 1.165) is 0 Å². The Morgan fingerprint density at radius 1 is 1.33 bits per heavy atom. The van der Waals surface area contributed by atoms with Crippen LogP contribution in [0.4, 0.5) is 0 Å². The fourth-order valence-corrected chi connectivity index (χ4v) is 3.94. The Bertz CT molecular complexity index is 660. The van der Waals surface area contributed by atoms with Gasteiger partial charge in [0, 0.05) is 16.6 Å². The Morgan fingerprint density at radius 3 is 2.71 bits per heavy atom. The third-order valence-electron chi connectivity index (χ3n) is 3.09. The largest absolute Gasteiger partial charge is 0.351 e. The summed E-state index contributed by atoms with van der Waals surface area (Å²) in [5, 5.41) is 5.49. The summed E-state index contributed by atoms with van der Waals surface area (Å²) in [6.07, 6.45) is 0.413. The summed E-state index contributed by atoms with van der Waals surface area (Å²) in [6.45, 7) is -0.206. The Balaban J connectivity index is 1.80. The molecule has 0 aromatic heterocycles. The fraction of sp³-hybridized carbons (Fsp3) is 0.385. The molecule has 2 N–H and O–H groups in total. The van der Waals surface area contributed by atoms with E-state index in [4.69, 9.17) is 11.6 Å². The number of nitrogens with one attached hydrogen (secondary N) is 2. The van der Waals surface area contributed by atoms with Gasteiger partial charge in [-0.25, -0.2) is 8.42 Å². The smallest absolute Gasteiger partial charge is 0.251 e. The van der Waals surface area contributed by atoms with E-state index in [1.54, 1.807) is 18.2 Å². The molecule has 0 spiro atoms. The van der Waals surface area contributed by atoms with Crippen LogP contribution in [0.15, 0.2) is 24.3 Å². The van der Waals surface area contributed by atoms with Crippen LogP contribution in [0.3, 0.4) is 0 Å². The molecule has 21 heavy (non-hydrogen) atoms. The number of amides is 2. The molecule has 1 atom stereocenters. The van der Waals surface area contributed by atoms with Crippen molar-refractivity contribution in [3.8, 4) is 0 Å². The highest BCUT2D eigenvalue weighted by Crippen LogP contribution is 2.11. The van der Waals surface area contributed by atoms with Gasteiger partial charge < -0.3 is 10.6 Å². The van der Waals surface area contributed by atoms with Crippen LogP contribution in [-0.4, -0.2) is 44.3 Å². The molecule has 1 saturated heterocycles. The van der Waals surface area contributed by atoms with Gasteiger partial charge in [-0.05, 0) is 24.6 Å². The minimum Gasteiger partial charge on any atom is -0.351 e. The molecule has 6 nitrogen and oxygen atoms in total. The van der Waals surface area contributed by atoms with Gasteiger partial charge in [-0.3, -0.25) is 9.59 Å². The second-order valence-electron chi connectivity index (χ2n) is 4.86. The first kappa shape index (κ1) is 15.8. The molecule has 0 saturated carbocycles. The molecule has 1 aromatic rings. The van der Waals surface area contributed by atoms with E-state index >= 15 is 0 Å². The second-order valence-corrected chi connectivity index (χ2v) is 7.53. The van der Waals surface area contributed by atoms with Crippen LogP contribution in [0, 0.1) is 0 Å². The molecule has 1 heterocycles. The maximum atomic E-state index is 11.8. The summed E-state index contributed by atoms with van der Waals surface area (Å²) in [5.41, 5.74) is 0.360. The molecule has 1 unspecified atom stereocenters. The predicted molar refractivity (Wildman–Crippen MR) is 79.0 cm³/mol. The Morgan fingerprint density at radius 2 is 2.10 bits per heavy atom. The topological polar surface area (TPSA) is 92.3 Å². The lowest BCUT2D eigenvalue weighted by molar-refractivity contribution is -0.120. The summed E-state index contributed by atoms with van der Waals surface area (Å²) in [6, 6.07) is 6.00. The molecule has 1 aliphatic rings. The number of benzene rings is 1. The van der Waals surface area contributed by atoms with E-state index < -0.39 is 21.7 Å². The van der Waals surface area contributed by atoms with Crippen molar-refractivity contribution in [1.82, 2.24) is 10.6 Å². The summed E-state index contributed by atoms with van der Waals surface area (Å²) in [7, 11) is -3.04. The van der Waals surface area contributed by atoms with Crippen LogP contribution in [-0.2, 0) is 14.6 Å². The lowest BCUT2D eigenvalue weighted by atomic mass is 10.2. The molecule has 8 heteroatoms. The number of carbonyl (C=O) groups excluding carboxylic acids is 2. The summed E-state index contributed by atoms with van der Waals surface area (Å²) >= 11 is 5.78. The normalized spacial score (nSPS) is 20.0. The van der Waals surface area contributed by atoms with Gasteiger partial charge in [-0.2, -0.15) is 0 Å².